The lowest BCUT2D eigenvalue weighted by Crippen LogP contribution is -2.32. The second kappa shape index (κ2) is 7.89. The maximum Gasteiger partial charge on any atom is 0.291 e. The SMILES string of the molecule is Cc1cccc(C(=O)Nc2c(C(=O)N3CCCCCC3)oc3ccccc23)c1. The van der Waals surface area contributed by atoms with Gasteiger partial charge in [0.05, 0.1) is 0 Å². The molecule has 1 fully saturated rings. The quantitative estimate of drug-likeness (QED) is 0.699. The largest absolute Gasteiger partial charge is 0.449 e. The van der Waals surface area contributed by atoms with Gasteiger partial charge in [0.25, 0.3) is 11.8 Å². The van der Waals surface area contributed by atoms with Gasteiger partial charge in [-0.25, -0.2) is 0 Å². The number of hydrogen-bond acceptors (Lipinski definition) is 3. The lowest BCUT2D eigenvalue weighted by Gasteiger charge is -2.19. The lowest BCUT2D eigenvalue weighted by atomic mass is 10.1. The minimum absolute atomic E-state index is 0.155. The summed E-state index contributed by atoms with van der Waals surface area (Å²) in [5.41, 5.74) is 2.61. The van der Waals surface area contributed by atoms with Crippen molar-refractivity contribution in [3.05, 3.63) is 65.4 Å². The number of carbonyl (C=O) groups is 2. The Labute approximate surface area is 164 Å². The first kappa shape index (κ1) is 18.3. The first-order chi connectivity index (χ1) is 13.6. The maximum absolute atomic E-state index is 13.2. The van der Waals surface area contributed by atoms with Crippen molar-refractivity contribution >= 4 is 28.5 Å². The Kier molecular flexibility index (Phi) is 5.15. The number of hydrogen-bond donors (Lipinski definition) is 1. The molecule has 0 bridgehead atoms. The van der Waals surface area contributed by atoms with Crippen LogP contribution in [0.3, 0.4) is 0 Å². The predicted octanol–water partition coefficient (Wildman–Crippen LogP) is 5.01. The number of amides is 2. The van der Waals surface area contributed by atoms with Crippen molar-refractivity contribution in [3.8, 4) is 0 Å². The molecule has 0 saturated carbocycles. The van der Waals surface area contributed by atoms with Gasteiger partial charge in [0.1, 0.15) is 11.3 Å². The number of rotatable bonds is 3. The molecule has 1 aromatic heterocycles. The van der Waals surface area contributed by atoms with Gasteiger partial charge in [-0.15, -0.1) is 0 Å². The van der Waals surface area contributed by atoms with Crippen LogP contribution in [0.15, 0.2) is 52.9 Å². The second-order valence-corrected chi connectivity index (χ2v) is 7.33. The van der Waals surface area contributed by atoms with Crippen molar-refractivity contribution in [2.45, 2.75) is 32.6 Å². The van der Waals surface area contributed by atoms with E-state index in [9.17, 15) is 9.59 Å². The third kappa shape index (κ3) is 3.65. The molecular weight excluding hydrogens is 352 g/mol. The molecule has 5 nitrogen and oxygen atoms in total. The van der Waals surface area contributed by atoms with E-state index in [1.165, 1.54) is 0 Å². The van der Waals surface area contributed by atoms with E-state index in [1.807, 2.05) is 54.3 Å². The zero-order valence-corrected chi connectivity index (χ0v) is 16.0. The van der Waals surface area contributed by atoms with Crippen LogP contribution in [0.4, 0.5) is 5.69 Å². The minimum atomic E-state index is -0.250. The average Bonchev–Trinajstić information content (AvgIpc) is 2.88. The number of aryl methyl sites for hydroxylation is 1. The molecule has 3 aromatic rings. The van der Waals surface area contributed by atoms with Crippen molar-refractivity contribution in [1.82, 2.24) is 4.90 Å². The molecule has 2 aromatic carbocycles. The van der Waals surface area contributed by atoms with Crippen molar-refractivity contribution < 1.29 is 14.0 Å². The summed E-state index contributed by atoms with van der Waals surface area (Å²) >= 11 is 0. The first-order valence-corrected chi connectivity index (χ1v) is 9.82. The number of benzene rings is 2. The standard InChI is InChI=1S/C23H24N2O3/c1-16-9-8-10-17(15-16)22(26)24-20-18-11-4-5-12-19(18)28-21(20)23(27)25-13-6-2-3-7-14-25/h4-5,8-12,15H,2-3,6-7,13-14H2,1H3,(H,24,26). The van der Waals surface area contributed by atoms with Crippen molar-refractivity contribution in [3.63, 3.8) is 0 Å². The molecule has 1 aliphatic rings. The van der Waals surface area contributed by atoms with E-state index >= 15 is 0 Å². The van der Waals surface area contributed by atoms with Crippen LogP contribution in [0.5, 0.6) is 0 Å². The average molecular weight is 376 g/mol. The van der Waals surface area contributed by atoms with Gasteiger partial charge in [0, 0.05) is 24.0 Å². The Morgan fingerprint density at radius 2 is 1.71 bits per heavy atom. The fourth-order valence-electron chi connectivity index (χ4n) is 3.71. The summed E-state index contributed by atoms with van der Waals surface area (Å²) in [6.45, 7) is 3.39. The number of para-hydroxylation sites is 1. The molecule has 0 unspecified atom stereocenters. The normalized spacial score (nSPS) is 14.7. The van der Waals surface area contributed by atoms with Gasteiger partial charge in [-0.3, -0.25) is 9.59 Å². The summed E-state index contributed by atoms with van der Waals surface area (Å²) in [7, 11) is 0. The van der Waals surface area contributed by atoms with Crippen molar-refractivity contribution in [2.24, 2.45) is 0 Å². The van der Waals surface area contributed by atoms with E-state index < -0.39 is 0 Å². The number of furan rings is 1. The van der Waals surface area contributed by atoms with Crippen LogP contribution in [0, 0.1) is 6.92 Å². The highest BCUT2D eigenvalue weighted by atomic mass is 16.3. The van der Waals surface area contributed by atoms with Gasteiger partial charge in [0.15, 0.2) is 0 Å². The molecular formula is C23H24N2O3. The molecule has 0 radical (unpaired) electrons. The monoisotopic (exact) mass is 376 g/mol. The lowest BCUT2D eigenvalue weighted by molar-refractivity contribution is 0.0733. The van der Waals surface area contributed by atoms with Crippen LogP contribution in [0.1, 0.15) is 52.2 Å². The summed E-state index contributed by atoms with van der Waals surface area (Å²) in [4.78, 5) is 27.9. The van der Waals surface area contributed by atoms with Crippen molar-refractivity contribution in [2.75, 3.05) is 18.4 Å². The molecule has 0 aliphatic carbocycles. The number of nitrogens with zero attached hydrogens (tertiary/aromatic N) is 1. The summed E-state index contributed by atoms with van der Waals surface area (Å²) < 4.78 is 5.91. The molecule has 4 rings (SSSR count). The van der Waals surface area contributed by atoms with E-state index in [2.05, 4.69) is 5.32 Å². The molecule has 1 saturated heterocycles. The highest BCUT2D eigenvalue weighted by Gasteiger charge is 2.27. The molecule has 144 valence electrons. The summed E-state index contributed by atoms with van der Waals surface area (Å²) in [6.07, 6.45) is 4.27. The number of anilines is 1. The Hall–Kier alpha value is -3.08. The Morgan fingerprint density at radius 1 is 0.964 bits per heavy atom. The predicted molar refractivity (Wildman–Crippen MR) is 110 cm³/mol. The van der Waals surface area contributed by atoms with Crippen molar-refractivity contribution in [1.29, 1.82) is 0 Å². The van der Waals surface area contributed by atoms with Crippen LogP contribution >= 0.6 is 0 Å². The Bertz CT molecular complexity index is 1010. The van der Waals surface area contributed by atoms with E-state index in [1.54, 1.807) is 6.07 Å². The zero-order valence-electron chi connectivity index (χ0n) is 16.0. The number of carbonyl (C=O) groups excluding carboxylic acids is 2. The number of likely N-dealkylation sites (tertiary alicyclic amines) is 1. The molecule has 1 aliphatic heterocycles. The van der Waals surface area contributed by atoms with Gasteiger partial charge >= 0.3 is 0 Å². The van der Waals surface area contributed by atoms with Gasteiger partial charge in [0.2, 0.25) is 5.76 Å². The third-order valence-electron chi connectivity index (χ3n) is 5.20. The minimum Gasteiger partial charge on any atom is -0.449 e. The highest BCUT2D eigenvalue weighted by Crippen LogP contribution is 2.32. The summed E-state index contributed by atoms with van der Waals surface area (Å²) in [5, 5.41) is 3.67. The third-order valence-corrected chi connectivity index (χ3v) is 5.20. The van der Waals surface area contributed by atoms with Gasteiger partial charge < -0.3 is 14.6 Å². The van der Waals surface area contributed by atoms with Gasteiger partial charge in [-0.1, -0.05) is 42.7 Å². The molecule has 5 heteroatoms. The van der Waals surface area contributed by atoms with Gasteiger partial charge in [-0.05, 0) is 44.0 Å². The first-order valence-electron chi connectivity index (χ1n) is 9.82. The van der Waals surface area contributed by atoms with Crippen LogP contribution in [0.2, 0.25) is 0 Å². The molecule has 0 atom stereocenters. The smallest absolute Gasteiger partial charge is 0.291 e. The van der Waals surface area contributed by atoms with Crippen LogP contribution in [-0.2, 0) is 0 Å². The zero-order chi connectivity index (χ0) is 19.5. The van der Waals surface area contributed by atoms with Gasteiger partial charge in [-0.2, -0.15) is 0 Å². The summed E-state index contributed by atoms with van der Waals surface area (Å²) in [5.74, 6) is -0.193. The fraction of sp³-hybridized carbons (Fsp3) is 0.304. The maximum atomic E-state index is 13.2. The van der Waals surface area contributed by atoms with Crippen LogP contribution in [0.25, 0.3) is 11.0 Å². The van der Waals surface area contributed by atoms with E-state index in [0.717, 1.165) is 49.7 Å². The Morgan fingerprint density at radius 3 is 2.46 bits per heavy atom. The van der Waals surface area contributed by atoms with E-state index in [4.69, 9.17) is 4.42 Å². The molecule has 2 amide bonds. The van der Waals surface area contributed by atoms with E-state index in [-0.39, 0.29) is 17.6 Å². The number of fused-ring (bicyclic) bond motifs is 1. The fourth-order valence-corrected chi connectivity index (χ4v) is 3.71. The molecule has 1 N–H and O–H groups in total. The Balaban J connectivity index is 1.71. The van der Waals surface area contributed by atoms with Crippen LogP contribution < -0.4 is 5.32 Å². The topological polar surface area (TPSA) is 62.6 Å². The highest BCUT2D eigenvalue weighted by molar-refractivity contribution is 6.14. The molecule has 2 heterocycles. The molecule has 0 spiro atoms. The second-order valence-electron chi connectivity index (χ2n) is 7.33. The number of nitrogens with one attached hydrogen (secondary N) is 1. The summed E-state index contributed by atoms with van der Waals surface area (Å²) in [6, 6.07) is 14.8. The van der Waals surface area contributed by atoms with E-state index in [0.29, 0.717) is 16.8 Å². The van der Waals surface area contributed by atoms with Crippen LogP contribution in [-0.4, -0.2) is 29.8 Å². The molecule has 28 heavy (non-hydrogen) atoms.